The molecule has 0 amide bonds. The Balaban J connectivity index is 4.17. The maximum Gasteiger partial charge on any atom is 0.343 e. The van der Waals surface area contributed by atoms with Crippen LogP contribution in [0.4, 0.5) is 0 Å². The number of nitrogens with one attached hydrogen (secondary N) is 1. The topological polar surface area (TPSA) is 188 Å². The van der Waals surface area contributed by atoms with Gasteiger partial charge in [0, 0.05) is 0 Å². The molecule has 0 aromatic carbocycles. The van der Waals surface area contributed by atoms with Gasteiger partial charge in [-0.1, -0.05) is 0 Å². The van der Waals surface area contributed by atoms with Crippen molar-refractivity contribution in [2.24, 2.45) is 0 Å². The Kier molecular flexibility index (Phi) is 8.77. The molecule has 23 heavy (non-hydrogen) atoms. The third-order valence-corrected chi connectivity index (χ3v) is 2.19. The Hall–Kier alpha value is -2.82. The zero-order valence-electron chi connectivity index (χ0n) is 11.8. The average molecular weight is 333 g/mol. The maximum absolute atomic E-state index is 11.3. The van der Waals surface area contributed by atoms with Crippen molar-refractivity contribution in [3.63, 3.8) is 0 Å². The molecule has 0 aliphatic heterocycles. The van der Waals surface area contributed by atoms with Crippen LogP contribution >= 0.6 is 0 Å². The van der Waals surface area contributed by atoms with E-state index in [-0.39, 0.29) is 0 Å². The molecule has 0 heterocycles. The van der Waals surface area contributed by atoms with Crippen LogP contribution in [0.1, 0.15) is 32.1 Å². The van der Waals surface area contributed by atoms with Gasteiger partial charge < -0.3 is 24.8 Å². The van der Waals surface area contributed by atoms with Crippen LogP contribution in [0.25, 0.3) is 0 Å². The van der Waals surface area contributed by atoms with Gasteiger partial charge in [0.25, 0.3) is 0 Å². The van der Waals surface area contributed by atoms with Crippen molar-refractivity contribution >= 4 is 35.7 Å². The summed E-state index contributed by atoms with van der Waals surface area (Å²) in [6, 6.07) is 0. The molecule has 0 aliphatic carbocycles. The van der Waals surface area contributed by atoms with E-state index in [1.807, 2.05) is 0 Å². The van der Waals surface area contributed by atoms with Crippen molar-refractivity contribution in [1.29, 1.82) is 5.41 Å². The van der Waals surface area contributed by atoms with Gasteiger partial charge in [-0.2, -0.15) is 0 Å². The first kappa shape index (κ1) is 20.2. The minimum atomic E-state index is -1.97. The first-order valence-corrected chi connectivity index (χ1v) is 6.26. The van der Waals surface area contributed by atoms with Crippen LogP contribution in [0, 0.1) is 5.41 Å². The highest BCUT2D eigenvalue weighted by Gasteiger charge is 2.23. The first-order valence-electron chi connectivity index (χ1n) is 6.26. The number of hydrogen-bond acceptors (Lipinski definition) is 9. The van der Waals surface area contributed by atoms with E-state index >= 15 is 0 Å². The molecular formula is C12H15NO10. The molecule has 1 atom stereocenters. The molecule has 4 N–H and O–H groups in total. The third-order valence-electron chi connectivity index (χ3n) is 2.19. The highest BCUT2D eigenvalue weighted by Crippen LogP contribution is 2.03. The molecule has 0 saturated heterocycles. The Morgan fingerprint density at radius 3 is 1.70 bits per heavy atom. The van der Waals surface area contributed by atoms with E-state index in [4.69, 9.17) is 15.6 Å². The summed E-state index contributed by atoms with van der Waals surface area (Å²) < 4.78 is 8.50. The lowest BCUT2D eigenvalue weighted by atomic mass is 10.2. The maximum atomic E-state index is 11.3. The van der Waals surface area contributed by atoms with Crippen molar-refractivity contribution in [2.45, 2.75) is 38.2 Å². The fraction of sp³-hybridized carbons (Fsp3) is 0.500. The number of carboxylic acid groups (broad SMARTS) is 2. The molecular weight excluding hydrogens is 318 g/mol. The SMILES string of the molecule is N=C(CC(O)C(=O)OC(=O)CCC(=O)O)OC(=O)CCC(=O)O. The van der Waals surface area contributed by atoms with Gasteiger partial charge in [0.15, 0.2) is 12.0 Å². The highest BCUT2D eigenvalue weighted by molar-refractivity contribution is 5.93. The van der Waals surface area contributed by atoms with E-state index in [0.29, 0.717) is 0 Å². The second-order valence-electron chi connectivity index (χ2n) is 4.20. The molecule has 11 heteroatoms. The Labute approximate surface area is 129 Å². The second-order valence-corrected chi connectivity index (χ2v) is 4.20. The monoisotopic (exact) mass is 333 g/mol. The molecule has 0 bridgehead atoms. The van der Waals surface area contributed by atoms with Crippen molar-refractivity contribution in [3.05, 3.63) is 0 Å². The van der Waals surface area contributed by atoms with Gasteiger partial charge in [0.2, 0.25) is 0 Å². The summed E-state index contributed by atoms with van der Waals surface area (Å²) >= 11 is 0. The van der Waals surface area contributed by atoms with E-state index in [0.717, 1.165) is 0 Å². The minimum Gasteiger partial charge on any atom is -0.481 e. The number of hydrogen-bond donors (Lipinski definition) is 4. The van der Waals surface area contributed by atoms with Crippen LogP contribution in [0.2, 0.25) is 0 Å². The number of carboxylic acids is 2. The summed E-state index contributed by atoms with van der Waals surface area (Å²) in [5.41, 5.74) is 0. The lowest BCUT2D eigenvalue weighted by Gasteiger charge is -2.10. The van der Waals surface area contributed by atoms with Crippen LogP contribution in [-0.4, -0.2) is 57.2 Å². The predicted molar refractivity (Wildman–Crippen MR) is 69.3 cm³/mol. The quantitative estimate of drug-likeness (QED) is 0.177. The fourth-order valence-corrected chi connectivity index (χ4v) is 1.14. The largest absolute Gasteiger partial charge is 0.481 e. The van der Waals surface area contributed by atoms with E-state index in [2.05, 4.69) is 9.47 Å². The normalized spacial score (nSPS) is 11.2. The van der Waals surface area contributed by atoms with Crippen LogP contribution in [0.5, 0.6) is 0 Å². The van der Waals surface area contributed by atoms with Gasteiger partial charge in [0.1, 0.15) is 0 Å². The van der Waals surface area contributed by atoms with Crippen LogP contribution in [0.3, 0.4) is 0 Å². The number of esters is 3. The van der Waals surface area contributed by atoms with Crippen LogP contribution < -0.4 is 0 Å². The lowest BCUT2D eigenvalue weighted by Crippen LogP contribution is -2.29. The summed E-state index contributed by atoms with van der Waals surface area (Å²) in [6.07, 6.45) is -4.87. The Bertz CT molecular complexity index is 512. The van der Waals surface area contributed by atoms with E-state index in [9.17, 15) is 29.1 Å². The van der Waals surface area contributed by atoms with Crippen molar-refractivity contribution in [1.82, 2.24) is 0 Å². The number of carbonyl (C=O) groups is 5. The third kappa shape index (κ3) is 10.5. The second kappa shape index (κ2) is 10.00. The fourth-order valence-electron chi connectivity index (χ4n) is 1.14. The summed E-state index contributed by atoms with van der Waals surface area (Å²) in [5.74, 6) is -6.95. The molecule has 0 spiro atoms. The molecule has 0 aromatic rings. The number of rotatable bonds is 9. The van der Waals surface area contributed by atoms with Gasteiger partial charge in [-0.25, -0.2) is 4.79 Å². The molecule has 128 valence electrons. The smallest absolute Gasteiger partial charge is 0.343 e. The number of ether oxygens (including phenoxy) is 2. The van der Waals surface area contributed by atoms with E-state index < -0.39 is 74.0 Å². The summed E-state index contributed by atoms with van der Waals surface area (Å²) in [4.78, 5) is 53.9. The molecule has 0 radical (unpaired) electrons. The van der Waals surface area contributed by atoms with Gasteiger partial charge in [-0.3, -0.25) is 24.6 Å². The highest BCUT2D eigenvalue weighted by atomic mass is 16.6. The zero-order valence-corrected chi connectivity index (χ0v) is 11.8. The molecule has 0 saturated carbocycles. The number of aliphatic carboxylic acids is 2. The minimum absolute atomic E-state index is 0.494. The lowest BCUT2D eigenvalue weighted by molar-refractivity contribution is -0.166. The number of aliphatic hydroxyl groups is 1. The van der Waals surface area contributed by atoms with Gasteiger partial charge in [0.05, 0.1) is 32.1 Å². The molecule has 0 rings (SSSR count). The predicted octanol–water partition coefficient (Wildman–Crippen LogP) is -0.943. The average Bonchev–Trinajstić information content (AvgIpc) is 2.42. The summed E-state index contributed by atoms with van der Waals surface area (Å²) in [7, 11) is 0. The number of carbonyl (C=O) groups excluding carboxylic acids is 3. The standard InChI is InChI=1S/C12H15NO10/c13-7(22-10(19)3-1-8(15)16)5-6(14)12(21)23-11(20)4-2-9(17)18/h6,13-14H,1-5H2,(H,15,16)(H,17,18). The zero-order chi connectivity index (χ0) is 18.0. The molecule has 0 aliphatic rings. The van der Waals surface area contributed by atoms with Gasteiger partial charge >= 0.3 is 29.8 Å². The number of aliphatic hydroxyl groups excluding tert-OH is 1. The summed E-state index contributed by atoms with van der Waals surface area (Å²) in [6.45, 7) is 0. The molecule has 11 nitrogen and oxygen atoms in total. The van der Waals surface area contributed by atoms with Gasteiger partial charge in [-0.05, 0) is 0 Å². The van der Waals surface area contributed by atoms with Crippen LogP contribution in [0.15, 0.2) is 0 Å². The van der Waals surface area contributed by atoms with Crippen molar-refractivity contribution < 1.29 is 48.8 Å². The molecule has 0 aromatic heterocycles. The Morgan fingerprint density at radius 1 is 0.826 bits per heavy atom. The van der Waals surface area contributed by atoms with Crippen molar-refractivity contribution in [3.8, 4) is 0 Å². The van der Waals surface area contributed by atoms with E-state index in [1.165, 1.54) is 0 Å². The molecule has 0 fully saturated rings. The Morgan fingerprint density at radius 2 is 1.26 bits per heavy atom. The summed E-state index contributed by atoms with van der Waals surface area (Å²) in [5, 5.41) is 33.3. The molecule has 1 unspecified atom stereocenters. The van der Waals surface area contributed by atoms with E-state index in [1.54, 1.807) is 0 Å². The van der Waals surface area contributed by atoms with Crippen molar-refractivity contribution in [2.75, 3.05) is 0 Å². The van der Waals surface area contributed by atoms with Gasteiger partial charge in [-0.15, -0.1) is 0 Å². The first-order chi connectivity index (χ1) is 10.6. The van der Waals surface area contributed by atoms with Crippen LogP contribution in [-0.2, 0) is 33.4 Å².